The van der Waals surface area contributed by atoms with Crippen LogP contribution in [0.3, 0.4) is 0 Å². The minimum atomic E-state index is 0.333. The van der Waals surface area contributed by atoms with E-state index in [0.717, 1.165) is 28.2 Å². The summed E-state index contributed by atoms with van der Waals surface area (Å²) in [4.78, 5) is 0. The minimum Gasteiger partial charge on any atom is -0.486 e. The van der Waals surface area contributed by atoms with Crippen LogP contribution in [0, 0.1) is 0 Å². The van der Waals surface area contributed by atoms with E-state index in [0.29, 0.717) is 18.2 Å². The second-order valence-corrected chi connectivity index (χ2v) is 7.16. The molecule has 0 aliphatic carbocycles. The van der Waals surface area contributed by atoms with E-state index in [9.17, 15) is 0 Å². The van der Waals surface area contributed by atoms with Crippen LogP contribution in [0.5, 0.6) is 5.75 Å². The van der Waals surface area contributed by atoms with Crippen molar-refractivity contribution in [1.29, 1.82) is 0 Å². The number of thioether (sulfide) groups is 1. The summed E-state index contributed by atoms with van der Waals surface area (Å²) in [7, 11) is 1.91. The summed E-state index contributed by atoms with van der Waals surface area (Å²) in [5, 5.41) is 13.3. The van der Waals surface area contributed by atoms with E-state index in [1.165, 1.54) is 5.56 Å². The molecule has 1 aromatic heterocycles. The second kappa shape index (κ2) is 9.48. The molecular weight excluding hydrogens is 380 g/mol. The van der Waals surface area contributed by atoms with Gasteiger partial charge in [-0.25, -0.2) is 0 Å². The highest BCUT2D eigenvalue weighted by Crippen LogP contribution is 2.24. The normalized spacial score (nSPS) is 10.6. The van der Waals surface area contributed by atoms with Crippen molar-refractivity contribution in [3.8, 4) is 5.75 Å². The van der Waals surface area contributed by atoms with Crippen LogP contribution in [0.2, 0.25) is 5.02 Å². The number of allylic oxidation sites excluding steroid dienone is 1. The van der Waals surface area contributed by atoms with Crippen molar-refractivity contribution in [3.63, 3.8) is 0 Å². The number of ether oxygens (including phenoxy) is 1. The Labute approximate surface area is 168 Å². The first-order valence-corrected chi connectivity index (χ1v) is 9.87. The van der Waals surface area contributed by atoms with Crippen LogP contribution in [0.25, 0.3) is 0 Å². The van der Waals surface area contributed by atoms with Crippen molar-refractivity contribution in [2.45, 2.75) is 24.1 Å². The fourth-order valence-electron chi connectivity index (χ4n) is 2.44. The largest absolute Gasteiger partial charge is 0.486 e. The highest BCUT2D eigenvalue weighted by atomic mass is 35.5. The van der Waals surface area contributed by atoms with Crippen LogP contribution in [-0.2, 0) is 18.9 Å². The standard InChI is InChI=1S/C20H21ClN4OS/c1-3-12-25-19(13-26-18-10-6-16(21)7-11-18)23-24-20(25)27-14-15-4-8-17(22-2)9-5-15/h3-11,22H,1,12-14H2,2H3. The van der Waals surface area contributed by atoms with Crippen molar-refractivity contribution >= 4 is 29.1 Å². The van der Waals surface area contributed by atoms with Gasteiger partial charge in [-0.2, -0.15) is 0 Å². The highest BCUT2D eigenvalue weighted by Gasteiger charge is 2.12. The Kier molecular flexibility index (Phi) is 6.79. The zero-order chi connectivity index (χ0) is 19.1. The summed E-state index contributed by atoms with van der Waals surface area (Å²) in [5.74, 6) is 2.32. The van der Waals surface area contributed by atoms with Gasteiger partial charge in [-0.15, -0.1) is 16.8 Å². The fourth-order valence-corrected chi connectivity index (χ4v) is 3.49. The Morgan fingerprint density at radius 1 is 1.15 bits per heavy atom. The molecule has 0 radical (unpaired) electrons. The number of nitrogens with zero attached hydrogens (tertiary/aromatic N) is 3. The van der Waals surface area contributed by atoms with Gasteiger partial charge >= 0.3 is 0 Å². The number of hydrogen-bond acceptors (Lipinski definition) is 5. The summed E-state index contributed by atoms with van der Waals surface area (Å²) >= 11 is 7.55. The van der Waals surface area contributed by atoms with Crippen molar-refractivity contribution in [1.82, 2.24) is 14.8 Å². The topological polar surface area (TPSA) is 52.0 Å². The zero-order valence-corrected chi connectivity index (χ0v) is 16.6. The molecule has 27 heavy (non-hydrogen) atoms. The second-order valence-electron chi connectivity index (χ2n) is 5.78. The van der Waals surface area contributed by atoms with E-state index >= 15 is 0 Å². The first-order chi connectivity index (χ1) is 13.2. The van der Waals surface area contributed by atoms with Crippen molar-refractivity contribution in [2.24, 2.45) is 0 Å². The third-order valence-electron chi connectivity index (χ3n) is 3.90. The molecule has 3 aromatic rings. The first-order valence-electron chi connectivity index (χ1n) is 8.50. The molecule has 140 valence electrons. The molecule has 0 spiro atoms. The summed E-state index contributed by atoms with van der Waals surface area (Å²) in [6.45, 7) is 4.80. The summed E-state index contributed by atoms with van der Waals surface area (Å²) in [5.41, 5.74) is 2.33. The lowest BCUT2D eigenvalue weighted by Gasteiger charge is -2.09. The average Bonchev–Trinajstić information content (AvgIpc) is 3.08. The Bertz CT molecular complexity index is 878. The lowest BCUT2D eigenvalue weighted by Crippen LogP contribution is -2.07. The van der Waals surface area contributed by atoms with Crippen LogP contribution in [0.4, 0.5) is 5.69 Å². The van der Waals surface area contributed by atoms with Crippen molar-refractivity contribution < 1.29 is 4.74 Å². The molecule has 5 nitrogen and oxygen atoms in total. The van der Waals surface area contributed by atoms with Gasteiger partial charge in [0, 0.05) is 30.1 Å². The molecule has 1 heterocycles. The molecule has 0 aliphatic heterocycles. The minimum absolute atomic E-state index is 0.333. The highest BCUT2D eigenvalue weighted by molar-refractivity contribution is 7.98. The monoisotopic (exact) mass is 400 g/mol. The maximum Gasteiger partial charge on any atom is 0.191 e. The predicted molar refractivity (Wildman–Crippen MR) is 112 cm³/mol. The van der Waals surface area contributed by atoms with Crippen LogP contribution in [0.15, 0.2) is 66.3 Å². The Balaban J connectivity index is 1.66. The van der Waals surface area contributed by atoms with E-state index in [4.69, 9.17) is 16.3 Å². The lowest BCUT2D eigenvalue weighted by atomic mass is 10.2. The van der Waals surface area contributed by atoms with Gasteiger partial charge in [-0.05, 0) is 42.0 Å². The first kappa shape index (κ1) is 19.3. The number of benzene rings is 2. The molecule has 1 N–H and O–H groups in total. The van der Waals surface area contributed by atoms with Gasteiger partial charge in [-0.3, -0.25) is 4.57 Å². The van der Waals surface area contributed by atoms with E-state index in [2.05, 4.69) is 46.4 Å². The number of hydrogen-bond donors (Lipinski definition) is 1. The van der Waals surface area contributed by atoms with E-state index in [1.807, 2.05) is 29.8 Å². The number of aromatic nitrogens is 3. The van der Waals surface area contributed by atoms with Gasteiger partial charge in [0.05, 0.1) is 0 Å². The molecule has 0 fully saturated rings. The molecule has 0 bridgehead atoms. The van der Waals surface area contributed by atoms with Gasteiger partial charge in [-0.1, -0.05) is 41.6 Å². The lowest BCUT2D eigenvalue weighted by molar-refractivity contribution is 0.289. The van der Waals surface area contributed by atoms with Gasteiger partial charge in [0.15, 0.2) is 11.0 Å². The molecular formula is C20H21ClN4OS. The van der Waals surface area contributed by atoms with E-state index in [-0.39, 0.29) is 0 Å². The van der Waals surface area contributed by atoms with Crippen LogP contribution >= 0.6 is 23.4 Å². The molecule has 0 aliphatic rings. The van der Waals surface area contributed by atoms with Crippen LogP contribution < -0.4 is 10.1 Å². The number of rotatable bonds is 9. The summed E-state index contributed by atoms with van der Waals surface area (Å²) in [6.07, 6.45) is 1.83. The number of halogens is 1. The van der Waals surface area contributed by atoms with Gasteiger partial charge in [0.25, 0.3) is 0 Å². The maximum atomic E-state index is 5.90. The van der Waals surface area contributed by atoms with E-state index < -0.39 is 0 Å². The third kappa shape index (κ3) is 5.28. The fraction of sp³-hybridized carbons (Fsp3) is 0.200. The maximum absolute atomic E-state index is 5.90. The molecule has 0 saturated heterocycles. The summed E-state index contributed by atoms with van der Waals surface area (Å²) < 4.78 is 7.83. The molecule has 3 rings (SSSR count). The molecule has 0 atom stereocenters. The molecule has 7 heteroatoms. The molecule has 0 saturated carbocycles. The Morgan fingerprint density at radius 2 is 1.89 bits per heavy atom. The Hall–Kier alpha value is -2.44. The zero-order valence-electron chi connectivity index (χ0n) is 15.1. The quantitative estimate of drug-likeness (QED) is 0.403. The van der Waals surface area contributed by atoms with Crippen LogP contribution in [-0.4, -0.2) is 21.8 Å². The number of anilines is 1. The Morgan fingerprint density at radius 3 is 2.56 bits per heavy atom. The molecule has 2 aromatic carbocycles. The van der Waals surface area contributed by atoms with Gasteiger partial charge in [0.1, 0.15) is 12.4 Å². The molecule has 0 amide bonds. The van der Waals surface area contributed by atoms with Crippen LogP contribution in [0.1, 0.15) is 11.4 Å². The third-order valence-corrected chi connectivity index (χ3v) is 5.19. The van der Waals surface area contributed by atoms with Crippen molar-refractivity contribution in [2.75, 3.05) is 12.4 Å². The van der Waals surface area contributed by atoms with E-state index in [1.54, 1.807) is 23.9 Å². The SMILES string of the molecule is C=CCn1c(COc2ccc(Cl)cc2)nnc1SCc1ccc(NC)cc1. The smallest absolute Gasteiger partial charge is 0.191 e. The van der Waals surface area contributed by atoms with Crippen molar-refractivity contribution in [3.05, 3.63) is 77.6 Å². The summed E-state index contributed by atoms with van der Waals surface area (Å²) in [6, 6.07) is 15.6. The predicted octanol–water partition coefficient (Wildman–Crippen LogP) is 5.03. The average molecular weight is 401 g/mol. The van der Waals surface area contributed by atoms with Gasteiger partial charge in [0.2, 0.25) is 0 Å². The molecule has 0 unspecified atom stereocenters. The van der Waals surface area contributed by atoms with Gasteiger partial charge < -0.3 is 10.1 Å². The number of nitrogens with one attached hydrogen (secondary N) is 1.